The Labute approximate surface area is 187 Å². The number of hydrogen-bond donors (Lipinski definition) is 1. The molecule has 0 spiro atoms. The van der Waals surface area contributed by atoms with Crippen LogP contribution in [-0.2, 0) is 16.7 Å². The molecule has 5 nitrogen and oxygen atoms in total. The summed E-state index contributed by atoms with van der Waals surface area (Å²) < 4.78 is 43.9. The number of nitrogens with zero attached hydrogens (tertiary/aromatic N) is 2. The van der Waals surface area contributed by atoms with E-state index in [2.05, 4.69) is 9.97 Å². The molecule has 0 saturated heterocycles. The molecule has 0 amide bonds. The third kappa shape index (κ3) is 5.79. The summed E-state index contributed by atoms with van der Waals surface area (Å²) in [5, 5.41) is 9.22. The molecule has 0 radical (unpaired) electrons. The lowest BCUT2D eigenvalue weighted by atomic mass is 10.1. The first-order valence-corrected chi connectivity index (χ1v) is 10.6. The second-order valence-corrected chi connectivity index (χ2v) is 8.62. The highest BCUT2D eigenvalue weighted by atomic mass is 32.2. The number of aromatic nitrogens is 2. The van der Waals surface area contributed by atoms with Gasteiger partial charge in [-0.15, -0.1) is 11.8 Å². The van der Waals surface area contributed by atoms with Gasteiger partial charge in [-0.2, -0.15) is 13.2 Å². The van der Waals surface area contributed by atoms with E-state index < -0.39 is 23.3 Å². The van der Waals surface area contributed by atoms with E-state index in [0.29, 0.717) is 28.6 Å². The molecule has 32 heavy (non-hydrogen) atoms. The third-order valence-electron chi connectivity index (χ3n) is 4.61. The Morgan fingerprint density at radius 3 is 2.38 bits per heavy atom. The van der Waals surface area contributed by atoms with Gasteiger partial charge in [-0.25, -0.2) is 14.8 Å². The summed E-state index contributed by atoms with van der Waals surface area (Å²) in [7, 11) is 0. The summed E-state index contributed by atoms with van der Waals surface area (Å²) in [5.74, 6) is 0.425. The van der Waals surface area contributed by atoms with Crippen molar-refractivity contribution in [2.24, 2.45) is 0 Å². The first kappa shape index (κ1) is 23.6. The zero-order valence-electron chi connectivity index (χ0n) is 17.6. The van der Waals surface area contributed by atoms with Crippen LogP contribution in [0.3, 0.4) is 0 Å². The molecule has 0 aliphatic carbocycles. The number of rotatable bonds is 7. The number of carboxylic acid groups (broad SMARTS) is 1. The molecule has 0 atom stereocenters. The van der Waals surface area contributed by atoms with Crippen molar-refractivity contribution in [3.8, 4) is 17.0 Å². The average molecular weight is 462 g/mol. The van der Waals surface area contributed by atoms with Gasteiger partial charge in [-0.3, -0.25) is 0 Å². The van der Waals surface area contributed by atoms with E-state index in [1.807, 2.05) is 19.1 Å². The molecule has 3 aromatic rings. The van der Waals surface area contributed by atoms with Crippen molar-refractivity contribution < 1.29 is 27.8 Å². The first-order chi connectivity index (χ1) is 15.0. The van der Waals surface area contributed by atoms with Crippen LogP contribution in [0.1, 0.15) is 30.8 Å². The van der Waals surface area contributed by atoms with Crippen LogP contribution in [0.2, 0.25) is 0 Å². The predicted octanol–water partition coefficient (Wildman–Crippen LogP) is 6.01. The maximum absolute atomic E-state index is 12.8. The van der Waals surface area contributed by atoms with Gasteiger partial charge in [0.05, 0.1) is 17.0 Å². The molecule has 2 aromatic carbocycles. The topological polar surface area (TPSA) is 72.3 Å². The second kappa shape index (κ2) is 9.20. The summed E-state index contributed by atoms with van der Waals surface area (Å²) in [6.07, 6.45) is -2.81. The minimum absolute atomic E-state index is 0.453. The van der Waals surface area contributed by atoms with Crippen molar-refractivity contribution in [2.45, 2.75) is 43.2 Å². The summed E-state index contributed by atoms with van der Waals surface area (Å²) in [6, 6.07) is 11.9. The largest absolute Gasteiger partial charge is 0.478 e. The molecular weight excluding hydrogens is 441 g/mol. The molecule has 0 aliphatic rings. The normalized spacial score (nSPS) is 11.9. The molecule has 168 valence electrons. The first-order valence-electron chi connectivity index (χ1n) is 9.61. The van der Waals surface area contributed by atoms with Crippen molar-refractivity contribution in [3.63, 3.8) is 0 Å². The van der Waals surface area contributed by atoms with Gasteiger partial charge in [0.2, 0.25) is 0 Å². The summed E-state index contributed by atoms with van der Waals surface area (Å²) in [6.45, 7) is 4.80. The fraction of sp³-hybridized carbons (Fsp3) is 0.261. The van der Waals surface area contributed by atoms with Crippen LogP contribution in [0.25, 0.3) is 11.3 Å². The molecule has 9 heteroatoms. The maximum atomic E-state index is 12.8. The lowest BCUT2D eigenvalue weighted by molar-refractivity contribution is -0.152. The quantitative estimate of drug-likeness (QED) is 0.434. The van der Waals surface area contributed by atoms with Gasteiger partial charge >= 0.3 is 12.1 Å². The molecule has 3 rings (SSSR count). The fourth-order valence-corrected chi connectivity index (χ4v) is 3.61. The van der Waals surface area contributed by atoms with Gasteiger partial charge in [0, 0.05) is 16.7 Å². The molecule has 1 aromatic heterocycles. The number of benzene rings is 2. The number of ether oxygens (including phenoxy) is 1. The number of carboxylic acids is 1. The Morgan fingerprint density at radius 1 is 1.09 bits per heavy atom. The molecule has 0 saturated carbocycles. The van der Waals surface area contributed by atoms with Crippen LogP contribution in [0.5, 0.6) is 5.75 Å². The highest BCUT2D eigenvalue weighted by molar-refractivity contribution is 7.98. The molecular formula is C23H21F3N2O3S. The van der Waals surface area contributed by atoms with E-state index in [0.717, 1.165) is 22.6 Å². The number of alkyl halides is 3. The third-order valence-corrected chi connectivity index (χ3v) is 5.60. The average Bonchev–Trinajstić information content (AvgIpc) is 2.73. The van der Waals surface area contributed by atoms with Gasteiger partial charge in [-0.05, 0) is 62.7 Å². The van der Waals surface area contributed by atoms with E-state index >= 15 is 0 Å². The Bertz CT molecular complexity index is 1120. The number of aliphatic carboxylic acids is 1. The number of carbonyl (C=O) groups is 1. The van der Waals surface area contributed by atoms with Crippen LogP contribution >= 0.6 is 11.8 Å². The number of aryl methyl sites for hydroxylation is 1. The predicted molar refractivity (Wildman–Crippen MR) is 116 cm³/mol. The van der Waals surface area contributed by atoms with E-state index in [1.165, 1.54) is 37.7 Å². The van der Waals surface area contributed by atoms with E-state index in [1.54, 1.807) is 18.3 Å². The Balaban J connectivity index is 1.69. The lowest BCUT2D eigenvalue weighted by Gasteiger charge is -2.23. The standard InChI is InChI=1S/C23H21F3N2O3S/c1-14-12-17(8-9-19(14)31-22(2,3)21(29)30)32-13-20-27-11-10-18(28-20)15-4-6-16(7-5-15)23(24,25)26/h4-12H,13H2,1-3H3,(H,29,30). The van der Waals surface area contributed by atoms with Crippen molar-refractivity contribution >= 4 is 17.7 Å². The van der Waals surface area contributed by atoms with Crippen LogP contribution in [-0.4, -0.2) is 26.6 Å². The molecule has 0 aliphatic heterocycles. The molecule has 0 bridgehead atoms. The van der Waals surface area contributed by atoms with Gasteiger partial charge in [0.25, 0.3) is 0 Å². The van der Waals surface area contributed by atoms with E-state index in [9.17, 15) is 23.1 Å². The Kier molecular flexibility index (Phi) is 6.78. The van der Waals surface area contributed by atoms with Gasteiger partial charge in [-0.1, -0.05) is 12.1 Å². The summed E-state index contributed by atoms with van der Waals surface area (Å²) in [5.41, 5.74) is -0.138. The van der Waals surface area contributed by atoms with Crippen LogP contribution < -0.4 is 4.74 Å². The molecule has 0 fully saturated rings. The van der Waals surface area contributed by atoms with Crippen molar-refractivity contribution in [1.29, 1.82) is 0 Å². The minimum Gasteiger partial charge on any atom is -0.478 e. The van der Waals surface area contributed by atoms with Crippen molar-refractivity contribution in [1.82, 2.24) is 9.97 Å². The molecule has 1 N–H and O–H groups in total. The minimum atomic E-state index is -4.38. The zero-order chi connectivity index (χ0) is 23.5. The van der Waals surface area contributed by atoms with Crippen LogP contribution in [0.4, 0.5) is 13.2 Å². The SMILES string of the molecule is Cc1cc(SCc2nccc(-c3ccc(C(F)(F)F)cc3)n2)ccc1OC(C)(C)C(=O)O. The van der Waals surface area contributed by atoms with Crippen LogP contribution in [0.15, 0.2) is 59.6 Å². The smallest absolute Gasteiger partial charge is 0.416 e. The second-order valence-electron chi connectivity index (χ2n) is 7.57. The van der Waals surface area contributed by atoms with Gasteiger partial charge in [0.1, 0.15) is 11.6 Å². The zero-order valence-corrected chi connectivity index (χ0v) is 18.4. The van der Waals surface area contributed by atoms with Gasteiger partial charge in [0.15, 0.2) is 5.60 Å². The monoisotopic (exact) mass is 462 g/mol. The lowest BCUT2D eigenvalue weighted by Crippen LogP contribution is -2.38. The molecule has 1 heterocycles. The number of halogens is 3. The summed E-state index contributed by atoms with van der Waals surface area (Å²) in [4.78, 5) is 20.9. The highest BCUT2D eigenvalue weighted by Crippen LogP contribution is 2.32. The highest BCUT2D eigenvalue weighted by Gasteiger charge is 2.30. The number of hydrogen-bond acceptors (Lipinski definition) is 5. The maximum Gasteiger partial charge on any atom is 0.416 e. The van der Waals surface area contributed by atoms with Crippen molar-refractivity contribution in [2.75, 3.05) is 0 Å². The number of thioether (sulfide) groups is 1. The summed E-state index contributed by atoms with van der Waals surface area (Å²) >= 11 is 1.48. The Morgan fingerprint density at radius 2 is 1.78 bits per heavy atom. The fourth-order valence-electron chi connectivity index (χ4n) is 2.75. The Hall–Kier alpha value is -3.07. The van der Waals surface area contributed by atoms with E-state index in [-0.39, 0.29) is 0 Å². The van der Waals surface area contributed by atoms with Crippen LogP contribution in [0, 0.1) is 6.92 Å². The van der Waals surface area contributed by atoms with E-state index in [4.69, 9.17) is 4.74 Å². The van der Waals surface area contributed by atoms with Gasteiger partial charge < -0.3 is 9.84 Å². The molecule has 0 unspecified atom stereocenters. The van der Waals surface area contributed by atoms with Crippen molar-refractivity contribution in [3.05, 3.63) is 71.7 Å².